The Morgan fingerprint density at radius 3 is 2.96 bits per heavy atom. The van der Waals surface area contributed by atoms with Crippen LogP contribution in [0.5, 0.6) is 5.75 Å². The molecule has 0 aliphatic carbocycles. The van der Waals surface area contributed by atoms with Crippen LogP contribution in [-0.4, -0.2) is 22.2 Å². The van der Waals surface area contributed by atoms with Gasteiger partial charge < -0.3 is 15.4 Å². The summed E-state index contributed by atoms with van der Waals surface area (Å²) in [5, 5.41) is 16.4. The van der Waals surface area contributed by atoms with Gasteiger partial charge in [0.05, 0.1) is 12.2 Å². The van der Waals surface area contributed by atoms with E-state index in [2.05, 4.69) is 27.8 Å². The summed E-state index contributed by atoms with van der Waals surface area (Å²) < 4.78 is 5.79. The molecule has 2 N–H and O–H groups in total. The monoisotopic (exact) mass is 332 g/mol. The van der Waals surface area contributed by atoms with E-state index in [4.69, 9.17) is 4.74 Å². The smallest absolute Gasteiger partial charge is 0.265 e. The number of ether oxygens (including phenoxy) is 1. The number of amides is 1. The average molecular weight is 332 g/mol. The number of carbonyl (C=O) groups excluding carboxylic acids is 1. The summed E-state index contributed by atoms with van der Waals surface area (Å²) in [5.41, 5.74) is 1.84. The van der Waals surface area contributed by atoms with E-state index in [0.29, 0.717) is 13.0 Å². The molecule has 0 spiro atoms. The Morgan fingerprint density at radius 1 is 1.43 bits per heavy atom. The quantitative estimate of drug-likeness (QED) is 0.880. The predicted molar refractivity (Wildman–Crippen MR) is 89.7 cm³/mol. The summed E-state index contributed by atoms with van der Waals surface area (Å²) >= 11 is 1.59. The van der Waals surface area contributed by atoms with Gasteiger partial charge in [-0.25, -0.2) is 0 Å². The Kier molecular flexibility index (Phi) is 4.58. The number of benzene rings is 1. The maximum atomic E-state index is 11.8. The lowest BCUT2D eigenvalue weighted by atomic mass is 10.1. The van der Waals surface area contributed by atoms with Crippen molar-refractivity contribution in [1.29, 1.82) is 0 Å². The highest BCUT2D eigenvalue weighted by Gasteiger charge is 2.26. The molecular weight excluding hydrogens is 312 g/mol. The SMILES string of the molecule is CC[C@@H]1Oc2cc([C@@H](C)NCc3nnc(C)s3)ccc2NC1=O. The zero-order chi connectivity index (χ0) is 16.4. The molecule has 6 nitrogen and oxygen atoms in total. The van der Waals surface area contributed by atoms with E-state index in [1.165, 1.54) is 0 Å². The Labute approximate surface area is 139 Å². The van der Waals surface area contributed by atoms with Crippen LogP contribution in [0.4, 0.5) is 5.69 Å². The fraction of sp³-hybridized carbons (Fsp3) is 0.438. The number of fused-ring (bicyclic) bond motifs is 1. The van der Waals surface area contributed by atoms with Gasteiger partial charge in [0.2, 0.25) is 0 Å². The Balaban J connectivity index is 1.69. The first-order valence-corrected chi connectivity index (χ1v) is 8.52. The van der Waals surface area contributed by atoms with Crippen LogP contribution in [0.15, 0.2) is 18.2 Å². The first-order chi connectivity index (χ1) is 11.1. The molecule has 1 aromatic heterocycles. The second-order valence-corrected chi connectivity index (χ2v) is 6.84. The molecule has 7 heteroatoms. The second-order valence-electron chi connectivity index (χ2n) is 5.58. The van der Waals surface area contributed by atoms with Crippen molar-refractivity contribution in [2.75, 3.05) is 5.32 Å². The highest BCUT2D eigenvalue weighted by atomic mass is 32.1. The highest BCUT2D eigenvalue weighted by molar-refractivity contribution is 7.11. The average Bonchev–Trinajstić information content (AvgIpc) is 2.97. The summed E-state index contributed by atoms with van der Waals surface area (Å²) in [6, 6.07) is 6.02. The van der Waals surface area contributed by atoms with Crippen molar-refractivity contribution in [3.63, 3.8) is 0 Å². The first kappa shape index (κ1) is 15.9. The zero-order valence-electron chi connectivity index (χ0n) is 13.4. The van der Waals surface area contributed by atoms with Gasteiger partial charge in [-0.3, -0.25) is 4.79 Å². The van der Waals surface area contributed by atoms with Gasteiger partial charge in [0, 0.05) is 6.04 Å². The maximum Gasteiger partial charge on any atom is 0.265 e. The van der Waals surface area contributed by atoms with E-state index >= 15 is 0 Å². The van der Waals surface area contributed by atoms with Gasteiger partial charge in [-0.15, -0.1) is 21.5 Å². The lowest BCUT2D eigenvalue weighted by molar-refractivity contribution is -0.123. The number of carbonyl (C=O) groups is 1. The number of hydrogen-bond donors (Lipinski definition) is 2. The van der Waals surface area contributed by atoms with Crippen molar-refractivity contribution >= 4 is 22.9 Å². The molecule has 1 aliphatic heterocycles. The molecule has 0 saturated carbocycles. The van der Waals surface area contributed by atoms with Crippen molar-refractivity contribution < 1.29 is 9.53 Å². The van der Waals surface area contributed by atoms with Crippen LogP contribution in [0.2, 0.25) is 0 Å². The molecule has 1 amide bonds. The predicted octanol–water partition coefficient (Wildman–Crippen LogP) is 2.81. The van der Waals surface area contributed by atoms with Gasteiger partial charge in [0.1, 0.15) is 15.8 Å². The van der Waals surface area contributed by atoms with Crippen LogP contribution in [0.3, 0.4) is 0 Å². The highest BCUT2D eigenvalue weighted by Crippen LogP contribution is 2.33. The van der Waals surface area contributed by atoms with E-state index in [-0.39, 0.29) is 11.9 Å². The van der Waals surface area contributed by atoms with Crippen LogP contribution in [0.25, 0.3) is 0 Å². The molecular formula is C16H20N4O2S. The summed E-state index contributed by atoms with van der Waals surface area (Å²) in [5.74, 6) is 0.653. The molecule has 1 aromatic carbocycles. The number of aryl methyl sites for hydroxylation is 1. The molecule has 2 heterocycles. The summed E-state index contributed by atoms with van der Waals surface area (Å²) in [7, 11) is 0. The minimum Gasteiger partial charge on any atom is -0.478 e. The van der Waals surface area contributed by atoms with Gasteiger partial charge in [0.25, 0.3) is 5.91 Å². The molecule has 0 saturated heterocycles. The number of nitrogens with one attached hydrogen (secondary N) is 2. The lowest BCUT2D eigenvalue weighted by Gasteiger charge is -2.26. The van der Waals surface area contributed by atoms with Crippen LogP contribution >= 0.6 is 11.3 Å². The number of nitrogens with zero attached hydrogens (tertiary/aromatic N) is 2. The summed E-state index contributed by atoms with van der Waals surface area (Å²) in [6.45, 7) is 6.66. The topological polar surface area (TPSA) is 76.1 Å². The van der Waals surface area contributed by atoms with E-state index in [1.54, 1.807) is 11.3 Å². The molecule has 0 bridgehead atoms. The fourth-order valence-electron chi connectivity index (χ4n) is 2.46. The van der Waals surface area contributed by atoms with E-state index < -0.39 is 6.10 Å². The van der Waals surface area contributed by atoms with Crippen molar-refractivity contribution in [1.82, 2.24) is 15.5 Å². The lowest BCUT2D eigenvalue weighted by Crippen LogP contribution is -2.36. The molecule has 2 atom stereocenters. The molecule has 23 heavy (non-hydrogen) atoms. The van der Waals surface area contributed by atoms with Crippen molar-refractivity contribution in [3.8, 4) is 5.75 Å². The number of hydrogen-bond acceptors (Lipinski definition) is 6. The van der Waals surface area contributed by atoms with Crippen molar-refractivity contribution in [2.45, 2.75) is 45.9 Å². The Hall–Kier alpha value is -1.99. The normalized spacial score (nSPS) is 18.0. The van der Waals surface area contributed by atoms with E-state index in [1.807, 2.05) is 32.0 Å². The molecule has 0 radical (unpaired) electrons. The Morgan fingerprint density at radius 2 is 2.26 bits per heavy atom. The fourth-order valence-corrected chi connectivity index (χ4v) is 3.12. The van der Waals surface area contributed by atoms with Crippen LogP contribution in [0.1, 0.15) is 41.9 Å². The molecule has 122 valence electrons. The van der Waals surface area contributed by atoms with Gasteiger partial charge in [-0.1, -0.05) is 13.0 Å². The van der Waals surface area contributed by atoms with E-state index in [9.17, 15) is 4.79 Å². The number of anilines is 1. The number of rotatable bonds is 5. The standard InChI is InChI=1S/C16H20N4O2S/c1-4-13-16(21)18-12-6-5-11(7-14(12)22-13)9(2)17-8-15-20-19-10(3)23-15/h5-7,9,13,17H,4,8H2,1-3H3,(H,18,21)/t9-,13+/m1/s1. The molecule has 1 aliphatic rings. The van der Waals surface area contributed by atoms with Gasteiger partial charge in [0.15, 0.2) is 6.10 Å². The van der Waals surface area contributed by atoms with Gasteiger partial charge in [-0.05, 0) is 38.0 Å². The van der Waals surface area contributed by atoms with Crippen LogP contribution in [-0.2, 0) is 11.3 Å². The first-order valence-electron chi connectivity index (χ1n) is 7.70. The minimum absolute atomic E-state index is 0.0782. The number of aromatic nitrogens is 2. The Bertz CT molecular complexity index is 716. The van der Waals surface area contributed by atoms with Crippen LogP contribution < -0.4 is 15.4 Å². The summed E-state index contributed by atoms with van der Waals surface area (Å²) in [4.78, 5) is 11.8. The van der Waals surface area contributed by atoms with Gasteiger partial charge in [-0.2, -0.15) is 0 Å². The van der Waals surface area contributed by atoms with E-state index in [0.717, 1.165) is 27.0 Å². The molecule has 0 unspecified atom stereocenters. The van der Waals surface area contributed by atoms with Crippen LogP contribution in [0, 0.1) is 6.92 Å². The third kappa shape index (κ3) is 3.51. The molecule has 2 aromatic rings. The van der Waals surface area contributed by atoms with Crippen molar-refractivity contribution in [2.24, 2.45) is 0 Å². The zero-order valence-corrected chi connectivity index (χ0v) is 14.2. The van der Waals surface area contributed by atoms with Crippen molar-refractivity contribution in [3.05, 3.63) is 33.8 Å². The summed E-state index contributed by atoms with van der Waals surface area (Å²) in [6.07, 6.45) is 0.241. The third-order valence-electron chi connectivity index (χ3n) is 3.82. The molecule has 0 fully saturated rings. The second kappa shape index (κ2) is 6.64. The third-order valence-corrected chi connectivity index (χ3v) is 4.66. The molecule has 3 rings (SSSR count). The largest absolute Gasteiger partial charge is 0.478 e. The minimum atomic E-state index is -0.412. The maximum absolute atomic E-state index is 11.8. The van der Waals surface area contributed by atoms with Gasteiger partial charge >= 0.3 is 0 Å².